The Bertz CT molecular complexity index is 528. The molecule has 1 nitrogen and oxygen atoms in total. The Morgan fingerprint density at radius 3 is 2.00 bits per heavy atom. The van der Waals surface area contributed by atoms with Crippen LogP contribution in [0.3, 0.4) is 0 Å². The van der Waals surface area contributed by atoms with Crippen molar-refractivity contribution in [2.45, 2.75) is 32.6 Å². The van der Waals surface area contributed by atoms with Crippen LogP contribution in [0.5, 0.6) is 0 Å². The van der Waals surface area contributed by atoms with Gasteiger partial charge in [-0.1, -0.05) is 67.6 Å². The second kappa shape index (κ2) is 9.02. The van der Waals surface area contributed by atoms with E-state index in [-0.39, 0.29) is 0 Å². The molecule has 0 radical (unpaired) electrons. The second-order valence-corrected chi connectivity index (χ2v) is 5.22. The number of benzene rings is 2. The minimum absolute atomic E-state index is 0.749. The molecule has 21 heavy (non-hydrogen) atoms. The zero-order chi connectivity index (χ0) is 14.8. The van der Waals surface area contributed by atoms with E-state index < -0.39 is 0 Å². The molecule has 0 amide bonds. The zero-order valence-corrected chi connectivity index (χ0v) is 12.8. The van der Waals surface area contributed by atoms with Gasteiger partial charge >= 0.3 is 0 Å². The summed E-state index contributed by atoms with van der Waals surface area (Å²) in [5.74, 6) is 0. The van der Waals surface area contributed by atoms with Crippen molar-refractivity contribution >= 4 is 0 Å². The van der Waals surface area contributed by atoms with Crippen LogP contribution in [0.2, 0.25) is 0 Å². The third-order valence-corrected chi connectivity index (χ3v) is 3.63. The number of allylic oxidation sites excluding steroid dienone is 1. The third-order valence-electron chi connectivity index (χ3n) is 3.63. The molecule has 1 heteroatoms. The van der Waals surface area contributed by atoms with Crippen LogP contribution in [0.1, 0.15) is 30.9 Å². The molecule has 0 saturated heterocycles. The molecule has 0 atom stereocenters. The van der Waals surface area contributed by atoms with E-state index in [0.717, 1.165) is 32.3 Å². The largest absolute Gasteiger partial charge is 0.501 e. The molecule has 0 heterocycles. The van der Waals surface area contributed by atoms with Crippen LogP contribution < -0.4 is 0 Å². The van der Waals surface area contributed by atoms with Crippen molar-refractivity contribution in [1.29, 1.82) is 0 Å². The van der Waals surface area contributed by atoms with E-state index in [1.54, 1.807) is 0 Å². The normalized spacial score (nSPS) is 11.4. The van der Waals surface area contributed by atoms with Gasteiger partial charge in [0.25, 0.3) is 0 Å². The summed E-state index contributed by atoms with van der Waals surface area (Å²) < 4.78 is 5.72. The van der Waals surface area contributed by atoms with E-state index in [4.69, 9.17) is 4.74 Å². The number of ether oxygens (including phenoxy) is 1. The van der Waals surface area contributed by atoms with E-state index in [2.05, 4.69) is 61.5 Å². The van der Waals surface area contributed by atoms with Gasteiger partial charge in [-0.05, 0) is 36.0 Å². The van der Waals surface area contributed by atoms with E-state index in [0.29, 0.717) is 0 Å². The van der Waals surface area contributed by atoms with Crippen molar-refractivity contribution in [2.24, 2.45) is 0 Å². The lowest BCUT2D eigenvalue weighted by atomic mass is 10.0. The van der Waals surface area contributed by atoms with Gasteiger partial charge in [-0.15, -0.1) is 0 Å². The van der Waals surface area contributed by atoms with Gasteiger partial charge in [-0.2, -0.15) is 0 Å². The molecule has 0 saturated carbocycles. The zero-order valence-electron chi connectivity index (χ0n) is 12.8. The van der Waals surface area contributed by atoms with Gasteiger partial charge in [-0.3, -0.25) is 0 Å². The molecule has 2 aromatic rings. The maximum absolute atomic E-state index is 5.72. The fourth-order valence-corrected chi connectivity index (χ4v) is 2.27. The van der Waals surface area contributed by atoms with Crippen LogP contribution in [-0.4, -0.2) is 6.61 Å². The maximum Gasteiger partial charge on any atom is 0.0913 e. The fourth-order valence-electron chi connectivity index (χ4n) is 2.27. The molecule has 2 rings (SSSR count). The summed E-state index contributed by atoms with van der Waals surface area (Å²) in [6.07, 6.45) is 6.14. The Hall–Kier alpha value is -2.02. The summed E-state index contributed by atoms with van der Waals surface area (Å²) in [5, 5.41) is 0. The number of hydrogen-bond acceptors (Lipinski definition) is 1. The summed E-state index contributed by atoms with van der Waals surface area (Å²) in [4.78, 5) is 0. The first kappa shape index (κ1) is 15.4. The van der Waals surface area contributed by atoms with Crippen LogP contribution in [-0.2, 0) is 17.6 Å². The molecule has 2 aromatic carbocycles. The molecule has 0 aromatic heterocycles. The number of aryl methyl sites for hydroxylation is 1. The van der Waals surface area contributed by atoms with E-state index in [9.17, 15) is 0 Å². The number of rotatable bonds is 8. The first-order chi connectivity index (χ1) is 10.4. The summed E-state index contributed by atoms with van der Waals surface area (Å²) in [6.45, 7) is 2.94. The van der Waals surface area contributed by atoms with Crippen molar-refractivity contribution in [3.8, 4) is 0 Å². The SMILES string of the molecule is CC/C(=C\OCCc1ccccc1)CCc1ccccc1. The lowest BCUT2D eigenvalue weighted by molar-refractivity contribution is 0.249. The highest BCUT2D eigenvalue weighted by atomic mass is 16.5. The lowest BCUT2D eigenvalue weighted by Crippen LogP contribution is -1.95. The monoisotopic (exact) mass is 280 g/mol. The van der Waals surface area contributed by atoms with Crippen LogP contribution in [0, 0.1) is 0 Å². The molecule has 0 aliphatic heterocycles. The summed E-state index contributed by atoms with van der Waals surface area (Å²) >= 11 is 0. The van der Waals surface area contributed by atoms with Crippen molar-refractivity contribution < 1.29 is 4.74 Å². The third kappa shape index (κ3) is 5.86. The topological polar surface area (TPSA) is 9.23 Å². The Morgan fingerprint density at radius 2 is 1.43 bits per heavy atom. The van der Waals surface area contributed by atoms with E-state index in [1.807, 2.05) is 12.3 Å². The van der Waals surface area contributed by atoms with E-state index in [1.165, 1.54) is 16.7 Å². The van der Waals surface area contributed by atoms with Gasteiger partial charge in [0.1, 0.15) is 0 Å². The minimum atomic E-state index is 0.749. The van der Waals surface area contributed by atoms with Crippen LogP contribution in [0.25, 0.3) is 0 Å². The Balaban J connectivity index is 1.73. The minimum Gasteiger partial charge on any atom is -0.501 e. The molecule has 0 spiro atoms. The first-order valence-corrected chi connectivity index (χ1v) is 7.76. The summed E-state index contributed by atoms with van der Waals surface area (Å²) in [6, 6.07) is 21.1. The number of hydrogen-bond donors (Lipinski definition) is 0. The maximum atomic E-state index is 5.72. The predicted octanol–water partition coefficient (Wildman–Crippen LogP) is 5.17. The van der Waals surface area contributed by atoms with Gasteiger partial charge in [0, 0.05) is 6.42 Å². The van der Waals surface area contributed by atoms with Gasteiger partial charge in [0.05, 0.1) is 12.9 Å². The lowest BCUT2D eigenvalue weighted by Gasteiger charge is -2.07. The highest BCUT2D eigenvalue weighted by Crippen LogP contribution is 2.12. The van der Waals surface area contributed by atoms with Crippen LogP contribution >= 0.6 is 0 Å². The molecule has 0 unspecified atom stereocenters. The van der Waals surface area contributed by atoms with Crippen molar-refractivity contribution in [3.63, 3.8) is 0 Å². The van der Waals surface area contributed by atoms with Crippen molar-refractivity contribution in [1.82, 2.24) is 0 Å². The Morgan fingerprint density at radius 1 is 0.857 bits per heavy atom. The molecule has 0 bridgehead atoms. The molecule has 0 aliphatic rings. The Labute approximate surface area is 128 Å². The molecule has 110 valence electrons. The molecular formula is C20H24O. The highest BCUT2D eigenvalue weighted by Gasteiger charge is 1.98. The molecule has 0 N–H and O–H groups in total. The molecule has 0 fully saturated rings. The average molecular weight is 280 g/mol. The van der Waals surface area contributed by atoms with E-state index >= 15 is 0 Å². The standard InChI is InChI=1S/C20H24O/c1-2-18(13-14-19-9-5-3-6-10-19)17-21-16-15-20-11-7-4-8-12-20/h3-12,17H,2,13-16H2,1H3/b18-17+. The summed E-state index contributed by atoms with van der Waals surface area (Å²) in [5.41, 5.74) is 4.10. The predicted molar refractivity (Wildman–Crippen MR) is 89.2 cm³/mol. The van der Waals surface area contributed by atoms with Crippen molar-refractivity contribution in [3.05, 3.63) is 83.6 Å². The molecular weight excluding hydrogens is 256 g/mol. The first-order valence-electron chi connectivity index (χ1n) is 7.76. The molecule has 0 aliphatic carbocycles. The Kier molecular flexibility index (Phi) is 6.60. The van der Waals surface area contributed by atoms with Crippen LogP contribution in [0.4, 0.5) is 0 Å². The second-order valence-electron chi connectivity index (χ2n) is 5.22. The summed E-state index contributed by atoms with van der Waals surface area (Å²) in [7, 11) is 0. The highest BCUT2D eigenvalue weighted by molar-refractivity contribution is 5.16. The quantitative estimate of drug-likeness (QED) is 0.478. The van der Waals surface area contributed by atoms with Gasteiger partial charge in [0.15, 0.2) is 0 Å². The van der Waals surface area contributed by atoms with Gasteiger partial charge < -0.3 is 4.74 Å². The van der Waals surface area contributed by atoms with Crippen LogP contribution in [0.15, 0.2) is 72.5 Å². The smallest absolute Gasteiger partial charge is 0.0913 e. The van der Waals surface area contributed by atoms with Gasteiger partial charge in [0.2, 0.25) is 0 Å². The average Bonchev–Trinajstić information content (AvgIpc) is 2.56. The fraction of sp³-hybridized carbons (Fsp3) is 0.300. The van der Waals surface area contributed by atoms with Gasteiger partial charge in [-0.25, -0.2) is 0 Å². The van der Waals surface area contributed by atoms with Crippen molar-refractivity contribution in [2.75, 3.05) is 6.61 Å².